The summed E-state index contributed by atoms with van der Waals surface area (Å²) in [5.74, 6) is 0.841. The smallest absolute Gasteiger partial charge is 0.252 e. The van der Waals surface area contributed by atoms with Crippen LogP contribution in [-0.4, -0.2) is 17.0 Å². The van der Waals surface area contributed by atoms with Gasteiger partial charge in [-0.3, -0.25) is 9.69 Å². The number of pyridine rings is 1. The maximum absolute atomic E-state index is 13.1. The number of nitrogens with zero attached hydrogens (tertiary/aromatic N) is 1. The fraction of sp³-hybridized carbons (Fsp3) is 0.344. The van der Waals surface area contributed by atoms with Gasteiger partial charge in [0.2, 0.25) is 0 Å². The van der Waals surface area contributed by atoms with Crippen molar-refractivity contribution in [3.05, 3.63) is 111 Å². The van der Waals surface area contributed by atoms with E-state index in [1.54, 1.807) is 7.11 Å². The van der Waals surface area contributed by atoms with Crippen molar-refractivity contribution in [2.75, 3.05) is 7.11 Å². The molecule has 4 heteroatoms. The zero-order valence-electron chi connectivity index (χ0n) is 22.4. The minimum absolute atomic E-state index is 0.0261. The Balaban J connectivity index is 1.69. The van der Waals surface area contributed by atoms with Crippen molar-refractivity contribution in [1.29, 1.82) is 0 Å². The molecule has 0 spiro atoms. The van der Waals surface area contributed by atoms with E-state index in [4.69, 9.17) is 4.74 Å². The molecule has 1 heterocycles. The largest absolute Gasteiger partial charge is 0.497 e. The summed E-state index contributed by atoms with van der Waals surface area (Å²) in [5.41, 5.74) is 6.75. The summed E-state index contributed by atoms with van der Waals surface area (Å²) in [6, 6.07) is 25.5. The molecule has 1 aromatic heterocycles. The normalized spacial score (nSPS) is 12.8. The van der Waals surface area contributed by atoms with E-state index in [9.17, 15) is 4.79 Å². The lowest BCUT2D eigenvalue weighted by Crippen LogP contribution is -2.29. The Morgan fingerprint density at radius 3 is 2.17 bits per heavy atom. The highest BCUT2D eigenvalue weighted by molar-refractivity contribution is 5.79. The highest BCUT2D eigenvalue weighted by Gasteiger charge is 2.20. The number of methoxy groups -OCH3 is 1. The van der Waals surface area contributed by atoms with Crippen LogP contribution in [0, 0.1) is 0 Å². The van der Waals surface area contributed by atoms with Gasteiger partial charge in [-0.2, -0.15) is 0 Å². The third kappa shape index (κ3) is 5.88. The van der Waals surface area contributed by atoms with Gasteiger partial charge in [0.25, 0.3) is 5.56 Å². The maximum atomic E-state index is 13.1. The number of aromatic amines is 1. The molecule has 0 aliphatic carbocycles. The summed E-state index contributed by atoms with van der Waals surface area (Å²) in [7, 11) is 1.68. The molecule has 0 radical (unpaired) electrons. The SMILES string of the molecule is CCc1ccc2[nH]c(=O)c(CN(Cc3ccc(C(C)(C)C)cc3)[C@@H](C)c3ccc(OC)cc3)cc2c1. The average molecular weight is 483 g/mol. The van der Waals surface area contributed by atoms with Gasteiger partial charge < -0.3 is 9.72 Å². The van der Waals surface area contributed by atoms with Crippen molar-refractivity contribution in [1.82, 2.24) is 9.88 Å². The van der Waals surface area contributed by atoms with Crippen LogP contribution in [0.2, 0.25) is 0 Å². The predicted molar refractivity (Wildman–Crippen MR) is 150 cm³/mol. The third-order valence-corrected chi connectivity index (χ3v) is 7.12. The number of fused-ring (bicyclic) bond motifs is 1. The van der Waals surface area contributed by atoms with E-state index in [0.717, 1.165) is 35.2 Å². The molecule has 4 aromatic rings. The van der Waals surface area contributed by atoms with Gasteiger partial charge in [-0.1, -0.05) is 70.2 Å². The van der Waals surface area contributed by atoms with Gasteiger partial charge in [0.05, 0.1) is 7.11 Å². The number of rotatable bonds is 8. The highest BCUT2D eigenvalue weighted by atomic mass is 16.5. The van der Waals surface area contributed by atoms with E-state index in [0.29, 0.717) is 6.54 Å². The van der Waals surface area contributed by atoms with Gasteiger partial charge in [-0.15, -0.1) is 0 Å². The Morgan fingerprint density at radius 1 is 0.889 bits per heavy atom. The summed E-state index contributed by atoms with van der Waals surface area (Å²) >= 11 is 0. The fourth-order valence-corrected chi connectivity index (χ4v) is 4.63. The van der Waals surface area contributed by atoms with Gasteiger partial charge in [-0.25, -0.2) is 0 Å². The second-order valence-corrected chi connectivity index (χ2v) is 10.7. The zero-order valence-corrected chi connectivity index (χ0v) is 22.4. The maximum Gasteiger partial charge on any atom is 0.252 e. The van der Waals surface area contributed by atoms with Gasteiger partial charge in [0.1, 0.15) is 5.75 Å². The third-order valence-electron chi connectivity index (χ3n) is 7.12. The molecule has 0 saturated heterocycles. The topological polar surface area (TPSA) is 45.3 Å². The van der Waals surface area contributed by atoms with Crippen LogP contribution in [0.25, 0.3) is 10.9 Å². The Morgan fingerprint density at radius 2 is 1.56 bits per heavy atom. The Hall–Kier alpha value is -3.37. The van der Waals surface area contributed by atoms with Crippen LogP contribution in [0.5, 0.6) is 5.75 Å². The molecule has 4 nitrogen and oxygen atoms in total. The Labute approximate surface area is 214 Å². The van der Waals surface area contributed by atoms with E-state index in [1.165, 1.54) is 22.3 Å². The van der Waals surface area contributed by atoms with Crippen molar-refractivity contribution in [3.8, 4) is 5.75 Å². The van der Waals surface area contributed by atoms with Crippen molar-refractivity contribution in [2.45, 2.75) is 65.6 Å². The number of aromatic nitrogens is 1. The first kappa shape index (κ1) is 25.7. The molecular weight excluding hydrogens is 444 g/mol. The summed E-state index contributed by atoms with van der Waals surface area (Å²) < 4.78 is 5.36. The lowest BCUT2D eigenvalue weighted by molar-refractivity contribution is 0.191. The second kappa shape index (κ2) is 10.7. The number of nitrogens with one attached hydrogen (secondary N) is 1. The van der Waals surface area contributed by atoms with Crippen LogP contribution >= 0.6 is 0 Å². The standard InChI is InChI=1S/C32H38N2O2/c1-7-23-10-17-30-26(18-23)19-27(31(35)33-30)21-34(22(2)25-11-15-29(36-6)16-12-25)20-24-8-13-28(14-9-24)32(3,4)5/h8-19,22H,7,20-21H2,1-6H3,(H,33,35)/t22-/m0/s1. The van der Waals surface area contributed by atoms with Crippen LogP contribution < -0.4 is 10.3 Å². The summed E-state index contributed by atoms with van der Waals surface area (Å²) in [4.78, 5) is 18.5. The number of H-pyrrole nitrogens is 1. The Kier molecular flexibility index (Phi) is 7.65. The molecule has 3 aromatic carbocycles. The van der Waals surface area contributed by atoms with Crippen molar-refractivity contribution < 1.29 is 4.74 Å². The molecular formula is C32H38N2O2. The van der Waals surface area contributed by atoms with Crippen LogP contribution in [0.3, 0.4) is 0 Å². The minimum Gasteiger partial charge on any atom is -0.497 e. The first-order valence-electron chi connectivity index (χ1n) is 12.8. The molecule has 0 amide bonds. The minimum atomic E-state index is -0.0261. The monoisotopic (exact) mass is 482 g/mol. The molecule has 188 valence electrons. The summed E-state index contributed by atoms with van der Waals surface area (Å²) in [5, 5.41) is 1.08. The van der Waals surface area contributed by atoms with Crippen LogP contribution in [-0.2, 0) is 24.9 Å². The van der Waals surface area contributed by atoms with Gasteiger partial charge in [0.15, 0.2) is 0 Å². The molecule has 0 aliphatic rings. The van der Waals surface area contributed by atoms with E-state index in [-0.39, 0.29) is 17.0 Å². The quantitative estimate of drug-likeness (QED) is 0.290. The predicted octanol–water partition coefficient (Wildman–Crippen LogP) is 7.16. The molecule has 0 bridgehead atoms. The lowest BCUT2D eigenvalue weighted by Gasteiger charge is -2.30. The van der Waals surface area contributed by atoms with Crippen molar-refractivity contribution in [2.24, 2.45) is 0 Å². The van der Waals surface area contributed by atoms with Gasteiger partial charge >= 0.3 is 0 Å². The van der Waals surface area contributed by atoms with Gasteiger partial charge in [-0.05, 0) is 76.7 Å². The molecule has 36 heavy (non-hydrogen) atoms. The van der Waals surface area contributed by atoms with Crippen molar-refractivity contribution >= 4 is 10.9 Å². The van der Waals surface area contributed by atoms with Gasteiger partial charge in [0, 0.05) is 30.2 Å². The lowest BCUT2D eigenvalue weighted by atomic mass is 9.86. The second-order valence-electron chi connectivity index (χ2n) is 10.7. The fourth-order valence-electron chi connectivity index (χ4n) is 4.63. The number of benzene rings is 3. The number of hydrogen-bond donors (Lipinski definition) is 1. The zero-order chi connectivity index (χ0) is 25.9. The van der Waals surface area contributed by atoms with Crippen LogP contribution in [0.4, 0.5) is 0 Å². The van der Waals surface area contributed by atoms with Crippen LogP contribution in [0.15, 0.2) is 77.6 Å². The number of aryl methyl sites for hydroxylation is 1. The average Bonchev–Trinajstić information content (AvgIpc) is 2.87. The summed E-state index contributed by atoms with van der Waals surface area (Å²) in [6.07, 6.45) is 0.968. The first-order valence-corrected chi connectivity index (χ1v) is 12.8. The molecule has 0 fully saturated rings. The molecule has 1 atom stereocenters. The van der Waals surface area contributed by atoms with Crippen LogP contribution in [0.1, 0.15) is 68.5 Å². The van der Waals surface area contributed by atoms with E-state index < -0.39 is 0 Å². The number of hydrogen-bond acceptors (Lipinski definition) is 3. The molecule has 0 aliphatic heterocycles. The van der Waals surface area contributed by atoms with Crippen molar-refractivity contribution in [3.63, 3.8) is 0 Å². The van der Waals surface area contributed by atoms with E-state index in [1.807, 2.05) is 18.2 Å². The Bertz CT molecular complexity index is 1360. The number of ether oxygens (including phenoxy) is 1. The highest BCUT2D eigenvalue weighted by Crippen LogP contribution is 2.28. The molecule has 4 rings (SSSR count). The molecule has 0 unspecified atom stereocenters. The van der Waals surface area contributed by atoms with E-state index >= 15 is 0 Å². The first-order chi connectivity index (χ1) is 17.2. The molecule has 0 saturated carbocycles. The van der Waals surface area contributed by atoms with E-state index in [2.05, 4.69) is 99.1 Å². The summed E-state index contributed by atoms with van der Waals surface area (Å²) in [6.45, 7) is 12.3. The molecule has 1 N–H and O–H groups in total.